The van der Waals surface area contributed by atoms with Crippen LogP contribution in [0.25, 0.3) is 43.3 Å². The Balaban J connectivity index is 1.45. The molecule has 8 nitrogen and oxygen atoms in total. The number of thiophene rings is 1. The number of amides is 1. The number of carbonyl (C=O) groups excluding carboxylic acids is 1. The van der Waals surface area contributed by atoms with Gasteiger partial charge in [-0.3, -0.25) is 4.79 Å². The number of pyridine rings is 1. The van der Waals surface area contributed by atoms with Crippen molar-refractivity contribution in [3.8, 4) is 17.4 Å². The molecule has 4 heterocycles. The number of nitrogen functional groups attached to an aromatic ring is 2. The molecule has 0 atom stereocenters. The first-order valence-electron chi connectivity index (χ1n) is 11.3. The van der Waals surface area contributed by atoms with Gasteiger partial charge in [-0.1, -0.05) is 18.2 Å². The molecule has 6 aromatic rings. The summed E-state index contributed by atoms with van der Waals surface area (Å²) < 4.78 is 7.79. The van der Waals surface area contributed by atoms with Crippen LogP contribution in [0.2, 0.25) is 0 Å². The van der Waals surface area contributed by atoms with Crippen molar-refractivity contribution >= 4 is 66.5 Å². The molecule has 0 aliphatic heterocycles. The molecule has 0 bridgehead atoms. The molecule has 0 radical (unpaired) electrons. The Kier molecular flexibility index (Phi) is 4.91. The maximum absolute atomic E-state index is 13.4. The van der Waals surface area contributed by atoms with Gasteiger partial charge in [-0.25, -0.2) is 4.98 Å². The minimum Gasteiger partial charge on any atom is -0.464 e. The number of rotatable bonds is 4. The van der Waals surface area contributed by atoms with Gasteiger partial charge < -0.3 is 25.8 Å². The molecule has 0 spiro atoms. The topological polar surface area (TPSA) is 136 Å². The molecule has 6 rings (SSSR count). The molecule has 1 amide bonds. The molecule has 9 heteroatoms. The van der Waals surface area contributed by atoms with Gasteiger partial charge in [-0.05, 0) is 43.3 Å². The maximum Gasteiger partial charge on any atom is 0.267 e. The van der Waals surface area contributed by atoms with E-state index in [2.05, 4.69) is 40.0 Å². The van der Waals surface area contributed by atoms with Gasteiger partial charge in [0.1, 0.15) is 32.9 Å². The number of carbonyl (C=O) groups is 1. The summed E-state index contributed by atoms with van der Waals surface area (Å²) in [6.45, 7) is 2.95. The number of nitriles is 1. The zero-order chi connectivity index (χ0) is 25.0. The monoisotopic (exact) mass is 492 g/mol. The molecular weight excluding hydrogens is 472 g/mol. The Morgan fingerprint density at radius 2 is 1.94 bits per heavy atom. The lowest BCUT2D eigenvalue weighted by molar-refractivity contribution is 0.103. The fraction of sp³-hybridized carbons (Fsp3) is 0.0741. The van der Waals surface area contributed by atoms with E-state index in [0.717, 1.165) is 39.7 Å². The van der Waals surface area contributed by atoms with Gasteiger partial charge in [0.15, 0.2) is 0 Å². The van der Waals surface area contributed by atoms with Crippen molar-refractivity contribution in [1.29, 1.82) is 5.26 Å². The van der Waals surface area contributed by atoms with Gasteiger partial charge in [0.05, 0.1) is 17.5 Å². The van der Waals surface area contributed by atoms with E-state index in [1.807, 2.05) is 30.3 Å². The van der Waals surface area contributed by atoms with E-state index in [1.54, 1.807) is 12.1 Å². The molecule has 36 heavy (non-hydrogen) atoms. The van der Waals surface area contributed by atoms with Gasteiger partial charge in [-0.2, -0.15) is 5.26 Å². The van der Waals surface area contributed by atoms with E-state index in [9.17, 15) is 10.1 Å². The van der Waals surface area contributed by atoms with Gasteiger partial charge in [-0.15, -0.1) is 11.3 Å². The molecule has 0 fully saturated rings. The maximum atomic E-state index is 13.4. The Morgan fingerprint density at radius 3 is 2.69 bits per heavy atom. The summed E-state index contributed by atoms with van der Waals surface area (Å²) in [5, 5.41) is 15.3. The van der Waals surface area contributed by atoms with Crippen molar-refractivity contribution in [3.05, 3.63) is 71.3 Å². The number of anilines is 3. The van der Waals surface area contributed by atoms with Crippen LogP contribution in [0.3, 0.4) is 0 Å². The predicted octanol–water partition coefficient (Wildman–Crippen LogP) is 5.97. The second kappa shape index (κ2) is 8.15. The normalized spacial score (nSPS) is 11.3. The largest absolute Gasteiger partial charge is 0.464 e. The summed E-state index contributed by atoms with van der Waals surface area (Å²) in [7, 11) is 0. The lowest BCUT2D eigenvalue weighted by Crippen LogP contribution is -2.12. The zero-order valence-corrected chi connectivity index (χ0v) is 20.0. The van der Waals surface area contributed by atoms with Crippen LogP contribution in [0, 0.1) is 11.3 Å². The van der Waals surface area contributed by atoms with Crippen molar-refractivity contribution < 1.29 is 9.21 Å². The second-order valence-electron chi connectivity index (χ2n) is 8.31. The summed E-state index contributed by atoms with van der Waals surface area (Å²) in [4.78, 5) is 18.5. The number of aromatic nitrogens is 2. The Hall–Kier alpha value is -4.81. The van der Waals surface area contributed by atoms with Gasteiger partial charge in [0, 0.05) is 39.4 Å². The fourth-order valence-electron chi connectivity index (χ4n) is 4.78. The number of fused-ring (bicyclic) bond motifs is 4. The smallest absolute Gasteiger partial charge is 0.267 e. The number of para-hydroxylation sites is 1. The van der Waals surface area contributed by atoms with Crippen molar-refractivity contribution in [2.45, 2.75) is 13.5 Å². The molecule has 0 aliphatic carbocycles. The fourth-order valence-corrected chi connectivity index (χ4v) is 5.79. The first-order valence-corrected chi connectivity index (χ1v) is 12.1. The molecule has 4 aromatic heterocycles. The second-order valence-corrected chi connectivity index (χ2v) is 9.31. The van der Waals surface area contributed by atoms with E-state index in [0.29, 0.717) is 27.2 Å². The number of hydrogen-bond acceptors (Lipinski definition) is 7. The molecule has 0 aliphatic rings. The standard InChI is InChI=1S/C27H20N6O2S/c1-2-33-18-7-4-3-6-15(18)16-12-14(9-10-19(16)33)31-26(34)24-23(29)22-21(20-8-5-11-35-20)17(13-28)25(30)32-27(22)36-24/h3-12H,2,29H2,1H3,(H2,30,32)(H,31,34). The number of nitrogens with one attached hydrogen (secondary N) is 1. The Morgan fingerprint density at radius 1 is 1.14 bits per heavy atom. The van der Waals surface area contributed by atoms with Gasteiger partial charge in [0.2, 0.25) is 0 Å². The summed E-state index contributed by atoms with van der Waals surface area (Å²) in [6.07, 6.45) is 1.50. The van der Waals surface area contributed by atoms with Crippen molar-refractivity contribution in [3.63, 3.8) is 0 Å². The third-order valence-corrected chi connectivity index (χ3v) is 7.43. The lowest BCUT2D eigenvalue weighted by atomic mass is 10.0. The minimum atomic E-state index is -0.364. The highest BCUT2D eigenvalue weighted by Crippen LogP contribution is 2.43. The minimum absolute atomic E-state index is 0.0578. The quantitative estimate of drug-likeness (QED) is 0.277. The van der Waals surface area contributed by atoms with Gasteiger partial charge >= 0.3 is 0 Å². The van der Waals surface area contributed by atoms with Crippen LogP contribution in [-0.2, 0) is 6.54 Å². The van der Waals surface area contributed by atoms with Crippen LogP contribution in [-0.4, -0.2) is 15.5 Å². The average molecular weight is 493 g/mol. The molecule has 0 saturated heterocycles. The highest BCUT2D eigenvalue weighted by Gasteiger charge is 2.25. The van der Waals surface area contributed by atoms with Crippen LogP contribution in [0.1, 0.15) is 22.2 Å². The molecule has 0 unspecified atom stereocenters. The first kappa shape index (κ1) is 21.7. The third-order valence-electron chi connectivity index (χ3n) is 6.34. The molecule has 0 saturated carbocycles. The first-order chi connectivity index (χ1) is 17.5. The molecule has 2 aromatic carbocycles. The van der Waals surface area contributed by atoms with Crippen molar-refractivity contribution in [2.24, 2.45) is 0 Å². The highest BCUT2D eigenvalue weighted by atomic mass is 32.1. The number of benzene rings is 2. The Bertz CT molecular complexity index is 1860. The zero-order valence-electron chi connectivity index (χ0n) is 19.2. The molecule has 5 N–H and O–H groups in total. The lowest BCUT2D eigenvalue weighted by Gasteiger charge is -2.07. The summed E-state index contributed by atoms with van der Waals surface area (Å²) in [5.41, 5.74) is 16.3. The predicted molar refractivity (Wildman–Crippen MR) is 144 cm³/mol. The SMILES string of the molecule is CCn1c2ccccc2c2cc(NC(=O)c3sc4nc(N)c(C#N)c(-c5ccco5)c4c3N)ccc21. The van der Waals surface area contributed by atoms with E-state index < -0.39 is 0 Å². The van der Waals surface area contributed by atoms with Crippen LogP contribution < -0.4 is 16.8 Å². The average Bonchev–Trinajstić information content (AvgIpc) is 3.60. The van der Waals surface area contributed by atoms with Crippen LogP contribution in [0.15, 0.2) is 65.3 Å². The van der Waals surface area contributed by atoms with E-state index in [4.69, 9.17) is 15.9 Å². The number of nitrogens with zero attached hydrogens (tertiary/aromatic N) is 3. The third kappa shape index (κ3) is 3.12. The van der Waals surface area contributed by atoms with Crippen LogP contribution in [0.5, 0.6) is 0 Å². The van der Waals surface area contributed by atoms with E-state index >= 15 is 0 Å². The van der Waals surface area contributed by atoms with Gasteiger partial charge in [0.25, 0.3) is 5.91 Å². The van der Waals surface area contributed by atoms with Crippen molar-refractivity contribution in [2.75, 3.05) is 16.8 Å². The molecule has 176 valence electrons. The molecular formula is C27H20N6O2S. The van der Waals surface area contributed by atoms with Crippen LogP contribution in [0.4, 0.5) is 17.2 Å². The summed E-state index contributed by atoms with van der Waals surface area (Å²) in [5.74, 6) is 0.124. The summed E-state index contributed by atoms with van der Waals surface area (Å²) in [6, 6.07) is 19.6. The Labute approximate surface area is 209 Å². The van der Waals surface area contributed by atoms with Crippen molar-refractivity contribution in [1.82, 2.24) is 9.55 Å². The highest BCUT2D eigenvalue weighted by molar-refractivity contribution is 7.21. The number of hydrogen-bond donors (Lipinski definition) is 3. The number of furan rings is 1. The number of nitrogens with two attached hydrogens (primary N) is 2. The van der Waals surface area contributed by atoms with E-state index in [1.165, 1.54) is 6.26 Å². The van der Waals surface area contributed by atoms with E-state index in [-0.39, 0.29) is 27.9 Å². The number of aryl methyl sites for hydroxylation is 1. The summed E-state index contributed by atoms with van der Waals surface area (Å²) >= 11 is 1.13. The van der Waals surface area contributed by atoms with Crippen LogP contribution >= 0.6 is 11.3 Å².